The summed E-state index contributed by atoms with van der Waals surface area (Å²) in [6.45, 7) is 4.29. The normalized spacial score (nSPS) is 8.92. The highest BCUT2D eigenvalue weighted by Gasteiger charge is 1.76. The first-order valence-corrected chi connectivity index (χ1v) is 3.56. The van der Waals surface area contributed by atoms with Crippen LogP contribution in [0.1, 0.15) is 13.8 Å². The smallest absolute Gasteiger partial charge is 0.300 e. The van der Waals surface area contributed by atoms with Gasteiger partial charge in [-0.25, -0.2) is 0 Å². The molecule has 0 atom stereocenters. The van der Waals surface area contributed by atoms with Gasteiger partial charge in [-0.2, -0.15) is 0 Å². The quantitative estimate of drug-likeness (QED) is 0.517. The minimum Gasteiger partial charge on any atom is -0.499 e. The summed E-state index contributed by atoms with van der Waals surface area (Å²) < 4.78 is 9.65. The van der Waals surface area contributed by atoms with E-state index in [1.807, 2.05) is 13.0 Å². The first-order valence-electron chi connectivity index (χ1n) is 3.56. The van der Waals surface area contributed by atoms with Gasteiger partial charge in [-0.15, -0.1) is 0 Å². The third-order valence-electron chi connectivity index (χ3n) is 0.638. The molecule has 0 aromatic heterocycles. The van der Waals surface area contributed by atoms with Crippen molar-refractivity contribution in [1.29, 1.82) is 0 Å². The van der Waals surface area contributed by atoms with Gasteiger partial charge in [0.2, 0.25) is 0 Å². The summed E-state index contributed by atoms with van der Waals surface area (Å²) in [7, 11) is 1.65. The van der Waals surface area contributed by atoms with Crippen LogP contribution in [0, 0.1) is 0 Å². The van der Waals surface area contributed by atoms with Crippen LogP contribution in [0.3, 0.4) is 0 Å². The topological polar surface area (TPSA) is 55.8 Å². The number of carboxylic acid groups (broad SMARTS) is 1. The van der Waals surface area contributed by atoms with Gasteiger partial charge in [-0.05, 0) is 6.92 Å². The van der Waals surface area contributed by atoms with Gasteiger partial charge < -0.3 is 14.6 Å². The van der Waals surface area contributed by atoms with Crippen LogP contribution in [-0.2, 0) is 14.3 Å². The van der Waals surface area contributed by atoms with E-state index in [2.05, 4.69) is 0 Å². The van der Waals surface area contributed by atoms with Crippen molar-refractivity contribution in [3.8, 4) is 0 Å². The van der Waals surface area contributed by atoms with Gasteiger partial charge in [0, 0.05) is 14.0 Å². The van der Waals surface area contributed by atoms with Crippen molar-refractivity contribution >= 4 is 5.97 Å². The molecular weight excluding hydrogens is 160 g/mol. The second-order valence-corrected chi connectivity index (χ2v) is 1.85. The lowest BCUT2D eigenvalue weighted by Gasteiger charge is -1.96. The summed E-state index contributed by atoms with van der Waals surface area (Å²) in [5.74, 6) is -0.833. The number of ether oxygens (including phenoxy) is 2. The van der Waals surface area contributed by atoms with Crippen molar-refractivity contribution in [3.05, 3.63) is 12.3 Å². The van der Waals surface area contributed by atoms with Gasteiger partial charge in [-0.3, -0.25) is 4.79 Å². The molecule has 1 N–H and O–H groups in total. The van der Waals surface area contributed by atoms with Crippen LogP contribution in [-0.4, -0.2) is 31.4 Å². The maximum absolute atomic E-state index is 9.00. The summed E-state index contributed by atoms with van der Waals surface area (Å²) in [6, 6.07) is 0. The molecule has 72 valence electrons. The summed E-state index contributed by atoms with van der Waals surface area (Å²) >= 11 is 0. The zero-order valence-corrected chi connectivity index (χ0v) is 7.74. The average Bonchev–Trinajstić information content (AvgIpc) is 1.97. The molecule has 0 saturated carbocycles. The van der Waals surface area contributed by atoms with Crippen molar-refractivity contribution in [1.82, 2.24) is 0 Å². The minimum absolute atomic E-state index is 0.640. The van der Waals surface area contributed by atoms with Crippen LogP contribution >= 0.6 is 0 Å². The van der Waals surface area contributed by atoms with Crippen LogP contribution < -0.4 is 0 Å². The number of hydrogen-bond donors (Lipinski definition) is 1. The predicted molar refractivity (Wildman–Crippen MR) is 46.0 cm³/mol. The molecule has 0 aliphatic heterocycles. The molecule has 0 aromatic carbocycles. The largest absolute Gasteiger partial charge is 0.499 e. The Bertz CT molecular complexity index is 116. The van der Waals surface area contributed by atoms with Crippen molar-refractivity contribution in [3.63, 3.8) is 0 Å². The summed E-state index contributed by atoms with van der Waals surface area (Å²) in [4.78, 5) is 9.00. The zero-order valence-electron chi connectivity index (χ0n) is 7.74. The number of carbonyl (C=O) groups is 1. The maximum Gasteiger partial charge on any atom is 0.300 e. The maximum atomic E-state index is 9.00. The molecule has 0 heterocycles. The highest BCUT2D eigenvalue weighted by atomic mass is 16.5. The Kier molecular flexibility index (Phi) is 14.3. The van der Waals surface area contributed by atoms with Gasteiger partial charge in [0.1, 0.15) is 6.61 Å². The molecule has 0 aliphatic carbocycles. The standard InChI is InChI=1S/C6H12O2.C2H4O2/c1-3-4-8-6-5-7-2;1-2(3)4/h3-4H,5-6H2,1-2H3;1H3,(H,3,4). The molecule has 0 spiro atoms. The second-order valence-electron chi connectivity index (χ2n) is 1.85. The molecule has 12 heavy (non-hydrogen) atoms. The molecule has 0 aromatic rings. The number of allylic oxidation sites excluding steroid dienone is 1. The average molecular weight is 176 g/mol. The van der Waals surface area contributed by atoms with Crippen LogP contribution in [0.5, 0.6) is 0 Å². The Morgan fingerprint density at radius 3 is 2.33 bits per heavy atom. The Morgan fingerprint density at radius 2 is 2.00 bits per heavy atom. The number of hydrogen-bond acceptors (Lipinski definition) is 3. The first kappa shape index (κ1) is 13.6. The van der Waals surface area contributed by atoms with Crippen molar-refractivity contribution < 1.29 is 19.4 Å². The number of aliphatic carboxylic acids is 1. The molecule has 0 unspecified atom stereocenters. The molecule has 0 fully saturated rings. The van der Waals surface area contributed by atoms with E-state index >= 15 is 0 Å². The van der Waals surface area contributed by atoms with Crippen LogP contribution in [0.25, 0.3) is 0 Å². The van der Waals surface area contributed by atoms with Gasteiger partial charge >= 0.3 is 0 Å². The molecule has 4 nitrogen and oxygen atoms in total. The molecule has 0 amide bonds. The van der Waals surface area contributed by atoms with Crippen molar-refractivity contribution in [2.75, 3.05) is 20.3 Å². The van der Waals surface area contributed by atoms with E-state index in [0.717, 1.165) is 6.92 Å². The van der Waals surface area contributed by atoms with Gasteiger partial charge in [0.15, 0.2) is 0 Å². The van der Waals surface area contributed by atoms with Gasteiger partial charge in [0.05, 0.1) is 12.9 Å². The monoisotopic (exact) mass is 176 g/mol. The summed E-state index contributed by atoms with van der Waals surface area (Å²) in [6.07, 6.45) is 3.49. The SMILES string of the molecule is CC(=O)O.CC=COCCOC. The molecule has 0 saturated heterocycles. The lowest BCUT2D eigenvalue weighted by atomic mass is 10.7. The fraction of sp³-hybridized carbons (Fsp3) is 0.625. The van der Waals surface area contributed by atoms with Crippen molar-refractivity contribution in [2.45, 2.75) is 13.8 Å². The number of carboxylic acids is 1. The number of rotatable bonds is 4. The molecule has 4 heteroatoms. The van der Waals surface area contributed by atoms with Gasteiger partial charge in [0.25, 0.3) is 5.97 Å². The Morgan fingerprint density at radius 1 is 1.50 bits per heavy atom. The minimum atomic E-state index is -0.833. The highest BCUT2D eigenvalue weighted by molar-refractivity contribution is 5.62. The number of methoxy groups -OCH3 is 1. The third-order valence-corrected chi connectivity index (χ3v) is 0.638. The molecule has 0 aliphatic rings. The van der Waals surface area contributed by atoms with Crippen LogP contribution in [0.2, 0.25) is 0 Å². The Labute approximate surface area is 72.8 Å². The summed E-state index contributed by atoms with van der Waals surface area (Å²) in [5, 5.41) is 7.42. The van der Waals surface area contributed by atoms with E-state index in [1.54, 1.807) is 13.4 Å². The van der Waals surface area contributed by atoms with Crippen LogP contribution in [0.4, 0.5) is 0 Å². The fourth-order valence-corrected chi connectivity index (χ4v) is 0.296. The third kappa shape index (κ3) is 36.2. The Balaban J connectivity index is 0. The zero-order chi connectivity index (χ0) is 9.82. The van der Waals surface area contributed by atoms with E-state index in [-0.39, 0.29) is 0 Å². The molecule has 0 radical (unpaired) electrons. The lowest BCUT2D eigenvalue weighted by molar-refractivity contribution is -0.134. The molecular formula is C8H16O4. The van der Waals surface area contributed by atoms with Crippen molar-refractivity contribution in [2.24, 2.45) is 0 Å². The highest BCUT2D eigenvalue weighted by Crippen LogP contribution is 1.76. The van der Waals surface area contributed by atoms with Gasteiger partial charge in [-0.1, -0.05) is 6.08 Å². The summed E-state index contributed by atoms with van der Waals surface area (Å²) in [5.41, 5.74) is 0. The van der Waals surface area contributed by atoms with Crippen LogP contribution in [0.15, 0.2) is 12.3 Å². The first-order chi connectivity index (χ1) is 5.65. The van der Waals surface area contributed by atoms with E-state index < -0.39 is 5.97 Å². The van der Waals surface area contributed by atoms with E-state index in [0.29, 0.717) is 13.2 Å². The fourth-order valence-electron chi connectivity index (χ4n) is 0.296. The van der Waals surface area contributed by atoms with E-state index in [1.165, 1.54) is 0 Å². The second kappa shape index (κ2) is 12.6. The van der Waals surface area contributed by atoms with E-state index in [9.17, 15) is 0 Å². The lowest BCUT2D eigenvalue weighted by Crippen LogP contribution is -1.96. The van der Waals surface area contributed by atoms with E-state index in [4.69, 9.17) is 19.4 Å². The molecule has 0 rings (SSSR count). The Hall–Kier alpha value is -1.03. The molecule has 0 bridgehead atoms. The predicted octanol–water partition coefficient (Wildman–Crippen LogP) is 1.27.